The van der Waals surface area contributed by atoms with Crippen molar-refractivity contribution in [1.82, 2.24) is 0 Å². The minimum atomic E-state index is -0.520. The van der Waals surface area contributed by atoms with Crippen LogP contribution in [0.25, 0.3) is 0 Å². The van der Waals surface area contributed by atoms with Gasteiger partial charge >= 0.3 is 0 Å². The number of primary amides is 1. The largest absolute Gasteiger partial charge is 0.456 e. The summed E-state index contributed by atoms with van der Waals surface area (Å²) in [5.74, 6) is 0.656. The lowest BCUT2D eigenvalue weighted by molar-refractivity contribution is 0.100. The maximum absolute atomic E-state index is 11.1. The van der Waals surface area contributed by atoms with Crippen molar-refractivity contribution in [3.8, 4) is 11.5 Å². The molecule has 0 spiro atoms. The first kappa shape index (κ1) is 14.9. The Hall–Kier alpha value is -1.52. The Morgan fingerprint density at radius 2 is 1.80 bits per heavy atom. The van der Waals surface area contributed by atoms with Crippen LogP contribution >= 0.6 is 27.5 Å². The molecule has 20 heavy (non-hydrogen) atoms. The average Bonchev–Trinajstić information content (AvgIpc) is 2.38. The van der Waals surface area contributed by atoms with Crippen LogP contribution in [-0.4, -0.2) is 5.91 Å². The van der Waals surface area contributed by atoms with E-state index in [4.69, 9.17) is 22.1 Å². The fourth-order valence-electron chi connectivity index (χ4n) is 1.83. The van der Waals surface area contributed by atoms with Gasteiger partial charge in [0.15, 0.2) is 0 Å². The van der Waals surface area contributed by atoms with Gasteiger partial charge in [0.25, 0.3) is 0 Å². The van der Waals surface area contributed by atoms with Crippen molar-refractivity contribution in [2.24, 2.45) is 5.73 Å². The first-order valence-corrected chi connectivity index (χ1v) is 7.09. The summed E-state index contributed by atoms with van der Waals surface area (Å²) >= 11 is 9.60. The van der Waals surface area contributed by atoms with E-state index in [1.807, 2.05) is 26.0 Å². The topological polar surface area (TPSA) is 52.3 Å². The van der Waals surface area contributed by atoms with Crippen LogP contribution in [0.15, 0.2) is 34.8 Å². The molecule has 2 N–H and O–H groups in total. The number of carbonyl (C=O) groups is 1. The number of benzene rings is 2. The highest BCUT2D eigenvalue weighted by Gasteiger charge is 2.09. The van der Waals surface area contributed by atoms with Gasteiger partial charge in [0.05, 0.1) is 5.02 Å². The third-order valence-corrected chi connectivity index (χ3v) is 4.40. The molecule has 0 unspecified atom stereocenters. The lowest BCUT2D eigenvalue weighted by Crippen LogP contribution is -2.10. The lowest BCUT2D eigenvalue weighted by Gasteiger charge is -2.11. The molecular weight excluding hydrogens is 342 g/mol. The molecule has 0 fully saturated rings. The fourth-order valence-corrected chi connectivity index (χ4v) is 2.28. The summed E-state index contributed by atoms with van der Waals surface area (Å²) in [7, 11) is 0. The van der Waals surface area contributed by atoms with Crippen LogP contribution in [-0.2, 0) is 0 Å². The summed E-state index contributed by atoms with van der Waals surface area (Å²) in [6.07, 6.45) is 0. The van der Waals surface area contributed by atoms with E-state index in [0.717, 1.165) is 15.6 Å². The van der Waals surface area contributed by atoms with Crippen LogP contribution in [0, 0.1) is 13.8 Å². The minimum absolute atomic E-state index is 0.347. The van der Waals surface area contributed by atoms with Gasteiger partial charge < -0.3 is 10.5 Å². The standard InChI is InChI=1S/C15H13BrClNO2/c1-8-5-11(6-9(2)14(8)16)20-13-4-3-10(15(18)19)7-12(13)17/h3-7H,1-2H3,(H2,18,19). The van der Waals surface area contributed by atoms with Crippen LogP contribution in [0.4, 0.5) is 0 Å². The third kappa shape index (κ3) is 3.14. The number of halogens is 2. The van der Waals surface area contributed by atoms with Crippen LogP contribution in [0.3, 0.4) is 0 Å². The Morgan fingerprint density at radius 3 is 2.30 bits per heavy atom. The normalized spacial score (nSPS) is 10.4. The first-order valence-electron chi connectivity index (χ1n) is 5.92. The molecule has 5 heteroatoms. The number of amides is 1. The van der Waals surface area contributed by atoms with Gasteiger partial charge in [-0.05, 0) is 55.3 Å². The molecule has 104 valence electrons. The summed E-state index contributed by atoms with van der Waals surface area (Å²) in [6.45, 7) is 3.98. The highest BCUT2D eigenvalue weighted by Crippen LogP contribution is 2.33. The molecule has 0 radical (unpaired) electrons. The molecule has 0 aliphatic rings. The summed E-state index contributed by atoms with van der Waals surface area (Å²) in [5.41, 5.74) is 7.70. The molecule has 0 bridgehead atoms. The molecule has 2 aromatic carbocycles. The van der Waals surface area contributed by atoms with Crippen molar-refractivity contribution >= 4 is 33.4 Å². The number of aryl methyl sites for hydroxylation is 2. The highest BCUT2D eigenvalue weighted by atomic mass is 79.9. The molecular formula is C15H13BrClNO2. The quantitative estimate of drug-likeness (QED) is 0.875. The molecule has 0 atom stereocenters. The van der Waals surface area contributed by atoms with Crippen molar-refractivity contribution in [3.05, 3.63) is 56.5 Å². The van der Waals surface area contributed by atoms with Crippen molar-refractivity contribution in [1.29, 1.82) is 0 Å². The number of carbonyl (C=O) groups excluding carboxylic acids is 1. The van der Waals surface area contributed by atoms with Crippen LogP contribution in [0.5, 0.6) is 11.5 Å². The first-order chi connectivity index (χ1) is 9.38. The Bertz CT molecular complexity index is 663. The average molecular weight is 355 g/mol. The van der Waals surface area contributed by atoms with E-state index in [-0.39, 0.29) is 0 Å². The summed E-state index contributed by atoms with van der Waals surface area (Å²) in [4.78, 5) is 11.1. The minimum Gasteiger partial charge on any atom is -0.456 e. The van der Waals surface area contributed by atoms with Crippen LogP contribution in [0.2, 0.25) is 5.02 Å². The molecule has 0 heterocycles. The molecule has 2 rings (SSSR count). The van der Waals surface area contributed by atoms with E-state index in [9.17, 15) is 4.79 Å². The molecule has 0 saturated heterocycles. The second kappa shape index (κ2) is 5.85. The van der Waals surface area contributed by atoms with E-state index in [0.29, 0.717) is 22.1 Å². The molecule has 0 aromatic heterocycles. The van der Waals surface area contributed by atoms with Gasteiger partial charge in [-0.15, -0.1) is 0 Å². The molecule has 0 aliphatic heterocycles. The predicted molar refractivity (Wildman–Crippen MR) is 83.7 cm³/mol. The third-order valence-electron chi connectivity index (χ3n) is 2.85. The van der Waals surface area contributed by atoms with Gasteiger partial charge in [0.2, 0.25) is 5.91 Å². The Labute approximate surface area is 130 Å². The van der Waals surface area contributed by atoms with E-state index in [2.05, 4.69) is 15.9 Å². The zero-order chi connectivity index (χ0) is 14.9. The SMILES string of the molecule is Cc1cc(Oc2ccc(C(N)=O)cc2Cl)cc(C)c1Br. The van der Waals surface area contributed by atoms with Crippen molar-refractivity contribution in [3.63, 3.8) is 0 Å². The summed E-state index contributed by atoms with van der Waals surface area (Å²) in [6, 6.07) is 8.54. The number of nitrogens with two attached hydrogens (primary N) is 1. The summed E-state index contributed by atoms with van der Waals surface area (Å²) in [5, 5.41) is 0.347. The zero-order valence-corrected chi connectivity index (χ0v) is 13.4. The Kier molecular flexibility index (Phi) is 4.35. The number of rotatable bonds is 3. The van der Waals surface area contributed by atoms with Crippen molar-refractivity contribution < 1.29 is 9.53 Å². The van der Waals surface area contributed by atoms with E-state index < -0.39 is 5.91 Å². The number of hydrogen-bond acceptors (Lipinski definition) is 2. The molecule has 0 aliphatic carbocycles. The number of hydrogen-bond donors (Lipinski definition) is 1. The van der Waals surface area contributed by atoms with Crippen molar-refractivity contribution in [2.75, 3.05) is 0 Å². The fraction of sp³-hybridized carbons (Fsp3) is 0.133. The molecule has 1 amide bonds. The van der Waals surface area contributed by atoms with E-state index in [1.54, 1.807) is 12.1 Å². The highest BCUT2D eigenvalue weighted by molar-refractivity contribution is 9.10. The van der Waals surface area contributed by atoms with Gasteiger partial charge in [0, 0.05) is 10.0 Å². The smallest absolute Gasteiger partial charge is 0.248 e. The summed E-state index contributed by atoms with van der Waals surface area (Å²) < 4.78 is 6.81. The molecule has 2 aromatic rings. The second-order valence-electron chi connectivity index (χ2n) is 4.48. The molecule has 0 saturated carbocycles. The van der Waals surface area contributed by atoms with Crippen molar-refractivity contribution in [2.45, 2.75) is 13.8 Å². The van der Waals surface area contributed by atoms with Gasteiger partial charge in [-0.25, -0.2) is 0 Å². The van der Waals surface area contributed by atoms with E-state index >= 15 is 0 Å². The van der Waals surface area contributed by atoms with Gasteiger partial charge in [0.1, 0.15) is 11.5 Å². The Morgan fingerprint density at radius 1 is 1.20 bits per heavy atom. The molecule has 3 nitrogen and oxygen atoms in total. The van der Waals surface area contributed by atoms with Gasteiger partial charge in [-0.2, -0.15) is 0 Å². The monoisotopic (exact) mass is 353 g/mol. The predicted octanol–water partition coefficient (Wildman–Crippen LogP) is 4.61. The van der Waals surface area contributed by atoms with Crippen LogP contribution < -0.4 is 10.5 Å². The number of ether oxygens (including phenoxy) is 1. The maximum Gasteiger partial charge on any atom is 0.248 e. The van der Waals surface area contributed by atoms with E-state index in [1.165, 1.54) is 6.07 Å². The van der Waals surface area contributed by atoms with Gasteiger partial charge in [-0.1, -0.05) is 27.5 Å². The zero-order valence-electron chi connectivity index (χ0n) is 11.0. The van der Waals surface area contributed by atoms with Gasteiger partial charge in [-0.3, -0.25) is 4.79 Å². The lowest BCUT2D eigenvalue weighted by atomic mass is 10.1. The second-order valence-corrected chi connectivity index (χ2v) is 5.68. The van der Waals surface area contributed by atoms with Crippen LogP contribution in [0.1, 0.15) is 21.5 Å². The maximum atomic E-state index is 11.1. The Balaban J connectivity index is 2.33.